The second kappa shape index (κ2) is 6.07. The molecule has 20 heavy (non-hydrogen) atoms. The van der Waals surface area contributed by atoms with Crippen LogP contribution >= 0.6 is 12.4 Å². The van der Waals surface area contributed by atoms with Crippen LogP contribution in [0.5, 0.6) is 11.5 Å². The molecule has 0 bridgehead atoms. The predicted molar refractivity (Wildman–Crippen MR) is 67.7 cm³/mol. The van der Waals surface area contributed by atoms with E-state index in [1.54, 1.807) is 0 Å². The zero-order valence-corrected chi connectivity index (χ0v) is 11.1. The average Bonchev–Trinajstić information content (AvgIpc) is 3.12. The van der Waals surface area contributed by atoms with Gasteiger partial charge in [0.1, 0.15) is 11.5 Å². The largest absolute Gasteiger partial charge is 0.573 e. The summed E-state index contributed by atoms with van der Waals surface area (Å²) < 4.78 is 40.1. The number of hydrogen-bond donors (Lipinski definition) is 3. The Bertz CT molecular complexity index is 466. The Labute approximate surface area is 119 Å². The molecule has 0 heterocycles. The van der Waals surface area contributed by atoms with Gasteiger partial charge in [-0.1, -0.05) is 0 Å². The van der Waals surface area contributed by atoms with Crippen LogP contribution in [-0.4, -0.2) is 22.7 Å². The molecule has 0 radical (unpaired) electrons. The van der Waals surface area contributed by atoms with Crippen molar-refractivity contribution >= 4 is 12.4 Å². The Morgan fingerprint density at radius 1 is 1.30 bits per heavy atom. The minimum atomic E-state index is -4.81. The van der Waals surface area contributed by atoms with E-state index in [-0.39, 0.29) is 29.6 Å². The number of hydrogen-bond acceptors (Lipinski definition) is 4. The molecule has 0 spiro atoms. The molecule has 2 atom stereocenters. The molecule has 4 nitrogen and oxygen atoms in total. The number of benzene rings is 1. The topological polar surface area (TPSA) is 75.7 Å². The minimum absolute atomic E-state index is 0. The number of alkyl halides is 3. The van der Waals surface area contributed by atoms with Crippen LogP contribution in [0.1, 0.15) is 24.4 Å². The summed E-state index contributed by atoms with van der Waals surface area (Å²) in [6.07, 6.45) is -4.04. The van der Waals surface area contributed by atoms with Gasteiger partial charge < -0.3 is 20.7 Å². The molecule has 114 valence electrons. The lowest BCUT2D eigenvalue weighted by atomic mass is 9.98. The van der Waals surface area contributed by atoms with E-state index in [0.717, 1.165) is 31.0 Å². The normalized spacial score (nSPS) is 18.1. The maximum absolute atomic E-state index is 12.1. The summed E-state index contributed by atoms with van der Waals surface area (Å²) in [6, 6.07) is 2.11. The molecule has 0 aliphatic heterocycles. The molecule has 4 N–H and O–H groups in total. The van der Waals surface area contributed by atoms with Gasteiger partial charge >= 0.3 is 6.36 Å². The lowest BCUT2D eigenvalue weighted by Crippen LogP contribution is -2.28. The van der Waals surface area contributed by atoms with Crippen LogP contribution in [0.25, 0.3) is 0 Å². The van der Waals surface area contributed by atoms with Crippen molar-refractivity contribution in [2.45, 2.75) is 31.3 Å². The van der Waals surface area contributed by atoms with Gasteiger partial charge in [-0.25, -0.2) is 0 Å². The van der Waals surface area contributed by atoms with Crippen LogP contribution < -0.4 is 10.5 Å². The van der Waals surface area contributed by atoms with Gasteiger partial charge in [0.05, 0.1) is 12.1 Å². The minimum Gasteiger partial charge on any atom is -0.508 e. The van der Waals surface area contributed by atoms with E-state index < -0.39 is 24.3 Å². The first-order valence-corrected chi connectivity index (χ1v) is 5.80. The van der Waals surface area contributed by atoms with Crippen molar-refractivity contribution in [3.8, 4) is 11.5 Å². The monoisotopic (exact) mass is 313 g/mol. The quantitative estimate of drug-likeness (QED) is 0.798. The van der Waals surface area contributed by atoms with Crippen LogP contribution in [0.4, 0.5) is 13.2 Å². The van der Waals surface area contributed by atoms with Gasteiger partial charge in [0, 0.05) is 5.56 Å². The van der Waals surface area contributed by atoms with Gasteiger partial charge in [0.15, 0.2) is 0 Å². The fourth-order valence-electron chi connectivity index (χ4n) is 1.91. The van der Waals surface area contributed by atoms with Crippen LogP contribution in [-0.2, 0) is 0 Å². The number of phenolic OH excluding ortho intramolecular Hbond substituents is 1. The first-order valence-electron chi connectivity index (χ1n) is 5.80. The van der Waals surface area contributed by atoms with E-state index in [1.807, 2.05) is 0 Å². The molecular formula is C12H15ClF3NO3. The first kappa shape index (κ1) is 16.9. The van der Waals surface area contributed by atoms with Crippen molar-refractivity contribution in [1.82, 2.24) is 0 Å². The van der Waals surface area contributed by atoms with Gasteiger partial charge in [0.25, 0.3) is 0 Å². The van der Waals surface area contributed by atoms with Gasteiger partial charge in [0.2, 0.25) is 0 Å². The van der Waals surface area contributed by atoms with Crippen LogP contribution in [0.3, 0.4) is 0 Å². The summed E-state index contributed by atoms with van der Waals surface area (Å²) in [4.78, 5) is 0. The molecule has 2 rings (SSSR count). The van der Waals surface area contributed by atoms with E-state index in [1.165, 1.54) is 0 Å². The summed E-state index contributed by atoms with van der Waals surface area (Å²) >= 11 is 0. The Kier molecular flexibility index (Phi) is 5.12. The summed E-state index contributed by atoms with van der Waals surface area (Å²) in [5.74, 6) is -0.693. The summed E-state index contributed by atoms with van der Waals surface area (Å²) in [7, 11) is 0. The SMILES string of the molecule is Cl.N[C@H](c1cc(OC(F)(F)F)ccc1O)[C@@H](O)C1CC1. The third-order valence-electron chi connectivity index (χ3n) is 3.06. The molecule has 1 saturated carbocycles. The van der Waals surface area contributed by atoms with E-state index in [0.29, 0.717) is 0 Å². The zero-order valence-electron chi connectivity index (χ0n) is 10.3. The van der Waals surface area contributed by atoms with Crippen molar-refractivity contribution in [2.24, 2.45) is 11.7 Å². The molecule has 1 aliphatic rings. The van der Waals surface area contributed by atoms with Gasteiger partial charge in [-0.2, -0.15) is 0 Å². The van der Waals surface area contributed by atoms with E-state index >= 15 is 0 Å². The van der Waals surface area contributed by atoms with Gasteiger partial charge in [-0.3, -0.25) is 0 Å². The number of aliphatic hydroxyl groups is 1. The number of rotatable bonds is 4. The molecule has 1 fully saturated rings. The third kappa shape index (κ3) is 4.16. The lowest BCUT2D eigenvalue weighted by molar-refractivity contribution is -0.274. The highest BCUT2D eigenvalue weighted by molar-refractivity contribution is 5.85. The Balaban J connectivity index is 0.00000200. The van der Waals surface area contributed by atoms with Crippen molar-refractivity contribution in [1.29, 1.82) is 0 Å². The second-order valence-electron chi connectivity index (χ2n) is 4.62. The highest BCUT2D eigenvalue weighted by atomic mass is 35.5. The summed E-state index contributed by atoms with van der Waals surface area (Å²) in [5.41, 5.74) is 5.81. The first-order chi connectivity index (χ1) is 8.78. The highest BCUT2D eigenvalue weighted by Crippen LogP contribution is 2.40. The Morgan fingerprint density at radius 2 is 1.90 bits per heavy atom. The Hall–Kier alpha value is -1.18. The number of halogens is 4. The molecule has 8 heteroatoms. The average molecular weight is 314 g/mol. The van der Waals surface area contributed by atoms with Crippen LogP contribution in [0, 0.1) is 5.92 Å². The molecule has 1 aliphatic carbocycles. The highest BCUT2D eigenvalue weighted by Gasteiger charge is 2.36. The fourth-order valence-corrected chi connectivity index (χ4v) is 1.91. The molecule has 0 aromatic heterocycles. The standard InChI is InChI=1S/C12H14F3NO3.ClH/c13-12(14,15)19-7-3-4-9(17)8(5-7)10(16)11(18)6-1-2-6;/h3-6,10-11,17-18H,1-2,16H2;1H/t10-,11+;/m1./s1. The van der Waals surface area contributed by atoms with E-state index in [4.69, 9.17) is 5.73 Å². The second-order valence-corrected chi connectivity index (χ2v) is 4.62. The number of aromatic hydroxyl groups is 1. The third-order valence-corrected chi connectivity index (χ3v) is 3.06. The van der Waals surface area contributed by atoms with Gasteiger partial charge in [-0.05, 0) is 37.0 Å². The summed E-state index contributed by atoms with van der Waals surface area (Å²) in [6.45, 7) is 0. The smallest absolute Gasteiger partial charge is 0.508 e. The van der Waals surface area contributed by atoms with Crippen LogP contribution in [0.15, 0.2) is 18.2 Å². The maximum atomic E-state index is 12.1. The van der Waals surface area contributed by atoms with Crippen molar-refractivity contribution < 1.29 is 28.1 Å². The molecular weight excluding hydrogens is 299 g/mol. The predicted octanol–water partition coefficient (Wildman–Crippen LogP) is 2.48. The molecule has 1 aromatic carbocycles. The van der Waals surface area contributed by atoms with Gasteiger partial charge in [-0.15, -0.1) is 25.6 Å². The van der Waals surface area contributed by atoms with Crippen molar-refractivity contribution in [3.05, 3.63) is 23.8 Å². The number of phenols is 1. The Morgan fingerprint density at radius 3 is 2.40 bits per heavy atom. The van der Waals surface area contributed by atoms with Crippen molar-refractivity contribution in [2.75, 3.05) is 0 Å². The van der Waals surface area contributed by atoms with Crippen molar-refractivity contribution in [3.63, 3.8) is 0 Å². The van der Waals surface area contributed by atoms with E-state index in [9.17, 15) is 23.4 Å². The summed E-state index contributed by atoms with van der Waals surface area (Å²) in [5, 5.41) is 19.5. The fraction of sp³-hybridized carbons (Fsp3) is 0.500. The van der Waals surface area contributed by atoms with E-state index in [2.05, 4.69) is 4.74 Å². The molecule has 0 saturated heterocycles. The van der Waals surface area contributed by atoms with Crippen LogP contribution in [0.2, 0.25) is 0 Å². The molecule has 0 unspecified atom stereocenters. The zero-order chi connectivity index (χ0) is 14.2. The number of aliphatic hydroxyl groups excluding tert-OH is 1. The number of nitrogens with two attached hydrogens (primary N) is 1. The molecule has 1 aromatic rings. The molecule has 0 amide bonds. The maximum Gasteiger partial charge on any atom is 0.573 e. The lowest BCUT2D eigenvalue weighted by Gasteiger charge is -2.20. The number of ether oxygens (including phenoxy) is 1.